The maximum Gasteiger partial charge on any atom is 0.357 e. The minimum absolute atomic E-state index is 0.277. The third-order valence-electron chi connectivity index (χ3n) is 2.57. The van der Waals surface area contributed by atoms with Crippen LogP contribution in [0.15, 0.2) is 27.8 Å². The summed E-state index contributed by atoms with van der Waals surface area (Å²) >= 11 is 0. The second-order valence-corrected chi connectivity index (χ2v) is 4.01. The molecule has 4 N–H and O–H groups in total. The molecule has 0 fully saturated rings. The molecular weight excluding hydrogens is 282 g/mol. The van der Waals surface area contributed by atoms with Crippen LogP contribution in [0.5, 0.6) is 11.5 Å². The van der Waals surface area contributed by atoms with Crippen LogP contribution in [0.2, 0.25) is 0 Å². The van der Waals surface area contributed by atoms with Crippen molar-refractivity contribution in [2.75, 3.05) is 0 Å². The number of nitrogens with one attached hydrogen (secondary N) is 2. The van der Waals surface area contributed by atoms with Crippen molar-refractivity contribution in [2.45, 2.75) is 0 Å². The van der Waals surface area contributed by atoms with Crippen LogP contribution in [0.25, 0.3) is 12.2 Å². The Morgan fingerprint density at radius 3 is 2.43 bits per heavy atom. The lowest BCUT2D eigenvalue weighted by Crippen LogP contribution is -2.25. The van der Waals surface area contributed by atoms with E-state index in [1.165, 1.54) is 24.3 Å². The number of aromatic nitrogens is 2. The van der Waals surface area contributed by atoms with Crippen LogP contribution in [0.4, 0.5) is 5.69 Å². The maximum absolute atomic E-state index is 11.4. The highest BCUT2D eigenvalue weighted by Gasteiger charge is 2.18. The molecule has 0 saturated heterocycles. The minimum atomic E-state index is -1.11. The lowest BCUT2D eigenvalue weighted by molar-refractivity contribution is -0.386. The summed E-state index contributed by atoms with van der Waals surface area (Å²) < 4.78 is 0. The Labute approximate surface area is 116 Å². The third kappa shape index (κ3) is 2.97. The van der Waals surface area contributed by atoms with Crippen molar-refractivity contribution >= 4 is 17.8 Å². The molecule has 0 aliphatic carbocycles. The molecule has 0 unspecified atom stereocenters. The fourth-order valence-electron chi connectivity index (χ4n) is 1.62. The Bertz CT molecular complexity index is 849. The molecule has 0 atom stereocenters. The van der Waals surface area contributed by atoms with Crippen LogP contribution >= 0.6 is 0 Å². The molecule has 0 saturated carbocycles. The SMILES string of the molecule is O=c1[nH]c(/C=C/c2ccc(O)c(O)c2)c([N+](=O)[O-])c(=O)[nH]1. The zero-order valence-corrected chi connectivity index (χ0v) is 10.4. The van der Waals surface area contributed by atoms with Gasteiger partial charge in [-0.25, -0.2) is 4.79 Å². The summed E-state index contributed by atoms with van der Waals surface area (Å²) in [7, 11) is 0. The highest BCUT2D eigenvalue weighted by atomic mass is 16.6. The number of hydrogen-bond acceptors (Lipinski definition) is 6. The van der Waals surface area contributed by atoms with E-state index in [1.807, 2.05) is 0 Å². The molecule has 9 heteroatoms. The largest absolute Gasteiger partial charge is 0.504 e. The van der Waals surface area contributed by atoms with Gasteiger partial charge in [-0.1, -0.05) is 12.1 Å². The summed E-state index contributed by atoms with van der Waals surface area (Å²) in [5.41, 5.74) is -2.66. The van der Waals surface area contributed by atoms with E-state index < -0.39 is 21.9 Å². The first-order chi connectivity index (χ1) is 9.88. The van der Waals surface area contributed by atoms with Gasteiger partial charge in [0, 0.05) is 0 Å². The molecule has 2 aromatic rings. The molecule has 0 amide bonds. The van der Waals surface area contributed by atoms with E-state index in [9.17, 15) is 24.8 Å². The summed E-state index contributed by atoms with van der Waals surface area (Å²) in [6.45, 7) is 0. The molecule has 0 bridgehead atoms. The van der Waals surface area contributed by atoms with Gasteiger partial charge in [0.05, 0.1) is 4.92 Å². The van der Waals surface area contributed by atoms with E-state index in [4.69, 9.17) is 5.11 Å². The monoisotopic (exact) mass is 291 g/mol. The zero-order valence-electron chi connectivity index (χ0n) is 10.4. The summed E-state index contributed by atoms with van der Waals surface area (Å²) in [4.78, 5) is 36.4. The summed E-state index contributed by atoms with van der Waals surface area (Å²) in [6.07, 6.45) is 2.48. The van der Waals surface area contributed by atoms with Gasteiger partial charge >= 0.3 is 16.9 Å². The zero-order chi connectivity index (χ0) is 15.6. The van der Waals surface area contributed by atoms with Gasteiger partial charge in [0.2, 0.25) is 0 Å². The molecule has 1 heterocycles. The smallest absolute Gasteiger partial charge is 0.357 e. The number of benzene rings is 1. The van der Waals surface area contributed by atoms with E-state index >= 15 is 0 Å². The molecule has 1 aromatic carbocycles. The maximum atomic E-state index is 11.4. The fraction of sp³-hybridized carbons (Fsp3) is 0. The lowest BCUT2D eigenvalue weighted by Gasteiger charge is -1.99. The van der Waals surface area contributed by atoms with Crippen molar-refractivity contribution in [1.82, 2.24) is 9.97 Å². The molecular formula is C12H9N3O6. The first-order valence-electron chi connectivity index (χ1n) is 5.59. The van der Waals surface area contributed by atoms with Crippen molar-refractivity contribution in [3.05, 3.63) is 60.4 Å². The number of nitrogens with zero attached hydrogens (tertiary/aromatic N) is 1. The summed E-state index contributed by atoms with van der Waals surface area (Å²) in [5, 5.41) is 29.3. The van der Waals surface area contributed by atoms with Crippen LogP contribution < -0.4 is 11.2 Å². The average Bonchev–Trinajstić information content (AvgIpc) is 2.38. The summed E-state index contributed by atoms with van der Waals surface area (Å²) in [5.74, 6) is -0.686. The molecule has 0 radical (unpaired) electrons. The van der Waals surface area contributed by atoms with Gasteiger partial charge in [0.1, 0.15) is 5.69 Å². The minimum Gasteiger partial charge on any atom is -0.504 e. The van der Waals surface area contributed by atoms with E-state index in [1.54, 1.807) is 4.98 Å². The first kappa shape index (κ1) is 14.1. The van der Waals surface area contributed by atoms with Crippen molar-refractivity contribution in [2.24, 2.45) is 0 Å². The summed E-state index contributed by atoms with van der Waals surface area (Å²) in [6, 6.07) is 3.87. The number of hydrogen-bond donors (Lipinski definition) is 4. The number of aromatic hydroxyl groups is 2. The number of aromatic amines is 2. The molecule has 2 rings (SSSR count). The number of rotatable bonds is 3. The number of nitro groups is 1. The molecule has 0 spiro atoms. The van der Waals surface area contributed by atoms with Crippen molar-refractivity contribution in [1.29, 1.82) is 0 Å². The Hall–Kier alpha value is -3.36. The molecule has 21 heavy (non-hydrogen) atoms. The van der Waals surface area contributed by atoms with Gasteiger partial charge in [0.25, 0.3) is 0 Å². The molecule has 1 aromatic heterocycles. The van der Waals surface area contributed by atoms with E-state index in [2.05, 4.69) is 4.98 Å². The molecule has 0 aliphatic heterocycles. The van der Waals surface area contributed by atoms with Crippen LogP contribution in [0.3, 0.4) is 0 Å². The predicted molar refractivity (Wildman–Crippen MR) is 73.0 cm³/mol. The van der Waals surface area contributed by atoms with Crippen molar-refractivity contribution in [3.8, 4) is 11.5 Å². The van der Waals surface area contributed by atoms with E-state index in [-0.39, 0.29) is 17.2 Å². The predicted octanol–water partition coefficient (Wildman–Crippen LogP) is 0.553. The van der Waals surface area contributed by atoms with Crippen molar-refractivity contribution in [3.63, 3.8) is 0 Å². The van der Waals surface area contributed by atoms with Crippen LogP contribution in [0.1, 0.15) is 11.3 Å². The second kappa shape index (κ2) is 5.33. The number of phenols is 2. The van der Waals surface area contributed by atoms with Crippen molar-refractivity contribution < 1.29 is 15.1 Å². The first-order valence-corrected chi connectivity index (χ1v) is 5.59. The van der Waals surface area contributed by atoms with Gasteiger partial charge < -0.3 is 15.2 Å². The highest BCUT2D eigenvalue weighted by Crippen LogP contribution is 2.25. The average molecular weight is 291 g/mol. The quantitative estimate of drug-likeness (QED) is 0.368. The normalized spacial score (nSPS) is 10.9. The highest BCUT2D eigenvalue weighted by molar-refractivity contribution is 5.72. The van der Waals surface area contributed by atoms with Gasteiger partial charge in [-0.3, -0.25) is 19.9 Å². The fourth-order valence-corrected chi connectivity index (χ4v) is 1.62. The third-order valence-corrected chi connectivity index (χ3v) is 2.57. The molecule has 9 nitrogen and oxygen atoms in total. The van der Waals surface area contributed by atoms with Crippen LogP contribution in [0, 0.1) is 10.1 Å². The van der Waals surface area contributed by atoms with Gasteiger partial charge in [-0.05, 0) is 23.8 Å². The van der Waals surface area contributed by atoms with Crippen LogP contribution in [-0.2, 0) is 0 Å². The number of phenolic OH excluding ortho intramolecular Hbond substituents is 2. The van der Waals surface area contributed by atoms with Gasteiger partial charge in [-0.2, -0.15) is 0 Å². The Morgan fingerprint density at radius 1 is 1.10 bits per heavy atom. The number of H-pyrrole nitrogens is 2. The van der Waals surface area contributed by atoms with Crippen LogP contribution in [-0.4, -0.2) is 25.1 Å². The standard InChI is InChI=1S/C12H9N3O6/c16-8-4-2-6(5-9(8)17)1-3-7-10(15(20)21)11(18)14-12(19)13-7/h1-5,16-17H,(H2,13,14,18,19)/b3-1+. The van der Waals surface area contributed by atoms with Gasteiger partial charge in [-0.15, -0.1) is 0 Å². The van der Waals surface area contributed by atoms with E-state index in [0.29, 0.717) is 5.56 Å². The molecule has 0 aliphatic rings. The lowest BCUT2D eigenvalue weighted by atomic mass is 10.1. The Morgan fingerprint density at radius 2 is 1.81 bits per heavy atom. The van der Waals surface area contributed by atoms with E-state index in [0.717, 1.165) is 6.08 Å². The Kier molecular flexibility index (Phi) is 3.57. The van der Waals surface area contributed by atoms with Gasteiger partial charge in [0.15, 0.2) is 11.5 Å². The Balaban J connectivity index is 2.50. The topological polar surface area (TPSA) is 149 Å². The molecule has 108 valence electrons. The second-order valence-electron chi connectivity index (χ2n) is 4.01.